The van der Waals surface area contributed by atoms with Crippen LogP contribution < -0.4 is 10.2 Å². The minimum Gasteiger partial charge on any atom is -0.357 e. The molecule has 0 bridgehead atoms. The highest BCUT2D eigenvalue weighted by Crippen LogP contribution is 2.53. The number of nitrogens with one attached hydrogen (secondary N) is 1. The van der Waals surface area contributed by atoms with Crippen molar-refractivity contribution >= 4 is 35.2 Å². The predicted molar refractivity (Wildman–Crippen MR) is 139 cm³/mol. The molecule has 3 aliphatic rings. The molecule has 6 rings (SSSR count). The molecule has 198 valence electrons. The minimum absolute atomic E-state index is 0.0425. The van der Waals surface area contributed by atoms with Crippen LogP contribution in [0, 0.1) is 25.7 Å². The molecule has 1 N–H and O–H groups in total. The van der Waals surface area contributed by atoms with Gasteiger partial charge in [0.15, 0.2) is 0 Å². The fraction of sp³-hybridized carbons (Fsp3) is 0.233. The van der Waals surface area contributed by atoms with E-state index in [-0.39, 0.29) is 5.69 Å². The van der Waals surface area contributed by atoms with Crippen molar-refractivity contribution < 1.29 is 27.6 Å². The lowest BCUT2D eigenvalue weighted by atomic mass is 9.84. The van der Waals surface area contributed by atoms with Crippen molar-refractivity contribution in [3.05, 3.63) is 101 Å². The number of imide groups is 1. The maximum atomic E-state index is 14.0. The van der Waals surface area contributed by atoms with Crippen molar-refractivity contribution in [2.24, 2.45) is 11.8 Å². The van der Waals surface area contributed by atoms with E-state index >= 15 is 0 Å². The summed E-state index contributed by atoms with van der Waals surface area (Å²) in [4.78, 5) is 44.5. The molecular weight excluding hydrogens is 507 g/mol. The Morgan fingerprint density at radius 2 is 1.56 bits per heavy atom. The first-order valence-corrected chi connectivity index (χ1v) is 12.5. The number of carbonyl (C=O) groups excluding carboxylic acids is 3. The standard InChI is InChI=1S/C30H24F3N3O3/c1-16-12-17(2)14-21(13-16)36-28(38)23-24(29(36)39)26(35-11-10-18-6-3-4-9-22(18)25(23)35)27(37)34-20-8-5-7-19(15-20)30(31,32)33/h3-15,23-26H,1-2H3,(H,34,37)/t23-,24+,25-,26-/m0/s1. The molecule has 6 nitrogen and oxygen atoms in total. The summed E-state index contributed by atoms with van der Waals surface area (Å²) in [5, 5.41) is 2.58. The highest BCUT2D eigenvalue weighted by Gasteiger charge is 2.64. The molecule has 2 saturated heterocycles. The number of anilines is 2. The number of carbonyl (C=O) groups is 3. The molecule has 3 amide bonds. The van der Waals surface area contributed by atoms with Gasteiger partial charge in [-0.25, -0.2) is 4.90 Å². The lowest BCUT2D eigenvalue weighted by Crippen LogP contribution is -2.46. The topological polar surface area (TPSA) is 69.7 Å². The second-order valence-electron chi connectivity index (χ2n) is 10.3. The van der Waals surface area contributed by atoms with Gasteiger partial charge in [-0.3, -0.25) is 14.4 Å². The first-order valence-electron chi connectivity index (χ1n) is 12.5. The van der Waals surface area contributed by atoms with E-state index in [4.69, 9.17) is 0 Å². The van der Waals surface area contributed by atoms with E-state index in [9.17, 15) is 27.6 Å². The molecule has 0 radical (unpaired) electrons. The first kappa shape index (κ1) is 24.9. The lowest BCUT2D eigenvalue weighted by molar-refractivity contribution is -0.137. The van der Waals surface area contributed by atoms with Gasteiger partial charge in [-0.2, -0.15) is 13.2 Å². The van der Waals surface area contributed by atoms with E-state index in [1.807, 2.05) is 50.3 Å². The number of benzene rings is 3. The second kappa shape index (κ2) is 8.83. The molecule has 0 aliphatic carbocycles. The quantitative estimate of drug-likeness (QED) is 0.455. The molecule has 3 heterocycles. The summed E-state index contributed by atoms with van der Waals surface area (Å²) < 4.78 is 39.8. The number of rotatable bonds is 3. The first-order chi connectivity index (χ1) is 18.5. The molecule has 2 fully saturated rings. The molecular formula is C30H24F3N3O3. The van der Waals surface area contributed by atoms with Crippen LogP contribution >= 0.6 is 0 Å². The number of alkyl halides is 3. The van der Waals surface area contributed by atoms with E-state index < -0.39 is 53.4 Å². The highest BCUT2D eigenvalue weighted by atomic mass is 19.4. The molecule has 3 aromatic carbocycles. The van der Waals surface area contributed by atoms with Crippen molar-refractivity contribution in [3.63, 3.8) is 0 Å². The number of fused-ring (bicyclic) bond motifs is 5. The monoisotopic (exact) mass is 531 g/mol. The Hall–Kier alpha value is -4.40. The van der Waals surface area contributed by atoms with Crippen LogP contribution in [0.5, 0.6) is 0 Å². The average molecular weight is 532 g/mol. The van der Waals surface area contributed by atoms with Crippen LogP contribution in [0.4, 0.5) is 24.5 Å². The van der Waals surface area contributed by atoms with Crippen LogP contribution in [0.2, 0.25) is 0 Å². The predicted octanol–water partition coefficient (Wildman–Crippen LogP) is 5.48. The van der Waals surface area contributed by atoms with Crippen LogP contribution in [-0.4, -0.2) is 28.7 Å². The van der Waals surface area contributed by atoms with E-state index in [1.165, 1.54) is 12.1 Å². The van der Waals surface area contributed by atoms with Crippen LogP contribution in [0.15, 0.2) is 72.9 Å². The van der Waals surface area contributed by atoms with Crippen molar-refractivity contribution in [1.82, 2.24) is 4.90 Å². The summed E-state index contributed by atoms with van der Waals surface area (Å²) in [7, 11) is 0. The van der Waals surface area contributed by atoms with Crippen molar-refractivity contribution in [3.8, 4) is 0 Å². The molecule has 0 saturated carbocycles. The number of amides is 3. The van der Waals surface area contributed by atoms with Gasteiger partial charge in [-0.15, -0.1) is 0 Å². The maximum absolute atomic E-state index is 14.0. The summed E-state index contributed by atoms with van der Waals surface area (Å²) >= 11 is 0. The molecule has 0 spiro atoms. The van der Waals surface area contributed by atoms with Gasteiger partial charge in [-0.1, -0.05) is 36.4 Å². The molecule has 4 atom stereocenters. The highest BCUT2D eigenvalue weighted by molar-refractivity contribution is 6.24. The molecule has 9 heteroatoms. The Bertz CT molecular complexity index is 1540. The zero-order valence-corrected chi connectivity index (χ0v) is 21.1. The van der Waals surface area contributed by atoms with Gasteiger partial charge in [0, 0.05) is 11.9 Å². The summed E-state index contributed by atoms with van der Waals surface area (Å²) in [5.41, 5.74) is 2.96. The number of aryl methyl sites for hydroxylation is 2. The summed E-state index contributed by atoms with van der Waals surface area (Å²) in [6, 6.07) is 15.6. The largest absolute Gasteiger partial charge is 0.416 e. The van der Waals surface area contributed by atoms with Crippen LogP contribution in [-0.2, 0) is 20.6 Å². The number of hydrogen-bond donors (Lipinski definition) is 1. The number of halogens is 3. The Morgan fingerprint density at radius 1 is 0.872 bits per heavy atom. The third kappa shape index (κ3) is 4.00. The minimum atomic E-state index is -4.58. The van der Waals surface area contributed by atoms with E-state index in [1.54, 1.807) is 23.2 Å². The van der Waals surface area contributed by atoms with E-state index in [0.29, 0.717) is 5.69 Å². The van der Waals surface area contributed by atoms with Crippen molar-refractivity contribution in [2.45, 2.75) is 32.1 Å². The third-order valence-electron chi connectivity index (χ3n) is 7.65. The van der Waals surface area contributed by atoms with E-state index in [0.717, 1.165) is 39.3 Å². The van der Waals surface area contributed by atoms with Crippen molar-refractivity contribution in [1.29, 1.82) is 0 Å². The zero-order chi connectivity index (χ0) is 27.6. The van der Waals surface area contributed by atoms with Crippen LogP contribution in [0.3, 0.4) is 0 Å². The van der Waals surface area contributed by atoms with Crippen LogP contribution in [0.25, 0.3) is 6.08 Å². The van der Waals surface area contributed by atoms with Gasteiger partial charge in [0.2, 0.25) is 17.7 Å². The molecule has 0 aromatic heterocycles. The summed E-state index contributed by atoms with van der Waals surface area (Å²) in [6.45, 7) is 3.75. The molecule has 3 aliphatic heterocycles. The van der Waals surface area contributed by atoms with Gasteiger partial charge >= 0.3 is 6.18 Å². The molecule has 39 heavy (non-hydrogen) atoms. The summed E-state index contributed by atoms with van der Waals surface area (Å²) in [6.07, 6.45) is -1.07. The number of nitrogens with zero attached hydrogens (tertiary/aromatic N) is 2. The van der Waals surface area contributed by atoms with E-state index in [2.05, 4.69) is 5.32 Å². The smallest absolute Gasteiger partial charge is 0.357 e. The Morgan fingerprint density at radius 3 is 2.28 bits per heavy atom. The zero-order valence-electron chi connectivity index (χ0n) is 21.1. The molecule has 3 aromatic rings. The second-order valence-corrected chi connectivity index (χ2v) is 10.3. The molecule has 0 unspecified atom stereocenters. The van der Waals surface area contributed by atoms with Gasteiger partial charge < -0.3 is 10.2 Å². The lowest BCUT2D eigenvalue weighted by Gasteiger charge is -2.35. The van der Waals surface area contributed by atoms with Gasteiger partial charge in [0.25, 0.3) is 0 Å². The fourth-order valence-corrected chi connectivity index (χ4v) is 6.18. The number of hydrogen-bond acceptors (Lipinski definition) is 4. The van der Waals surface area contributed by atoms with Gasteiger partial charge in [0.05, 0.1) is 29.1 Å². The van der Waals surface area contributed by atoms with Gasteiger partial charge in [0.1, 0.15) is 6.04 Å². The fourth-order valence-electron chi connectivity index (χ4n) is 6.18. The summed E-state index contributed by atoms with van der Waals surface area (Å²) in [5.74, 6) is -3.42. The maximum Gasteiger partial charge on any atom is 0.416 e. The SMILES string of the molecule is Cc1cc(C)cc(N2C(=O)[C@@H]3[C@H](C2=O)[C@@H]2c4ccccc4C=CN2[C@@H]3C(=O)Nc2cccc(C(F)(F)F)c2)c1. The Balaban J connectivity index is 1.43. The normalized spacial score (nSPS) is 23.5. The average Bonchev–Trinajstić information content (AvgIpc) is 3.35. The van der Waals surface area contributed by atoms with Crippen LogP contribution in [0.1, 0.15) is 33.9 Å². The Kier molecular flexibility index (Phi) is 5.64. The Labute approximate surface area is 222 Å². The van der Waals surface area contributed by atoms with Crippen molar-refractivity contribution in [2.75, 3.05) is 10.2 Å². The van der Waals surface area contributed by atoms with Gasteiger partial charge in [-0.05, 0) is 72.5 Å². The third-order valence-corrected chi connectivity index (χ3v) is 7.65.